The van der Waals surface area contributed by atoms with E-state index in [0.717, 1.165) is 10.0 Å². The highest BCUT2D eigenvalue weighted by atomic mass is 79.9. The Balaban J connectivity index is 2.22. The molecule has 2 aromatic rings. The predicted octanol–water partition coefficient (Wildman–Crippen LogP) is 5.29. The molecule has 0 aliphatic rings. The number of benzene rings is 2. The summed E-state index contributed by atoms with van der Waals surface area (Å²) in [5.74, 6) is 0. The van der Waals surface area contributed by atoms with E-state index in [-0.39, 0.29) is 11.7 Å². The van der Waals surface area contributed by atoms with Crippen LogP contribution in [0.4, 0.5) is 11.4 Å². The number of nitro groups is 1. The molecule has 0 aliphatic heterocycles. The van der Waals surface area contributed by atoms with E-state index in [4.69, 9.17) is 0 Å². The molecular formula is C14H12Br2N2O2. The fraction of sp³-hybridized carbons (Fsp3) is 0.143. The van der Waals surface area contributed by atoms with Crippen molar-refractivity contribution in [2.45, 2.75) is 13.0 Å². The van der Waals surface area contributed by atoms with Gasteiger partial charge in [-0.25, -0.2) is 0 Å². The minimum absolute atomic E-state index is 0.0493. The van der Waals surface area contributed by atoms with E-state index >= 15 is 0 Å². The molecule has 0 aromatic heterocycles. The van der Waals surface area contributed by atoms with Gasteiger partial charge in [0.05, 0.1) is 9.40 Å². The molecule has 0 amide bonds. The third-order valence-corrected chi connectivity index (χ3v) is 4.04. The monoisotopic (exact) mass is 398 g/mol. The van der Waals surface area contributed by atoms with Crippen LogP contribution in [-0.2, 0) is 0 Å². The second-order valence-corrected chi connectivity index (χ2v) is 6.11. The molecule has 0 radical (unpaired) electrons. The molecule has 0 heterocycles. The minimum atomic E-state index is -0.404. The van der Waals surface area contributed by atoms with Crippen LogP contribution in [0, 0.1) is 10.1 Å². The van der Waals surface area contributed by atoms with E-state index in [1.165, 1.54) is 6.07 Å². The van der Waals surface area contributed by atoms with Gasteiger partial charge in [-0.1, -0.05) is 28.1 Å². The van der Waals surface area contributed by atoms with Crippen molar-refractivity contribution in [3.05, 3.63) is 67.1 Å². The maximum absolute atomic E-state index is 10.9. The molecule has 0 spiro atoms. The highest BCUT2D eigenvalue weighted by molar-refractivity contribution is 9.10. The third kappa shape index (κ3) is 3.58. The zero-order chi connectivity index (χ0) is 14.7. The average molecular weight is 400 g/mol. The van der Waals surface area contributed by atoms with Crippen molar-refractivity contribution in [1.29, 1.82) is 0 Å². The summed E-state index contributed by atoms with van der Waals surface area (Å²) in [7, 11) is 0. The van der Waals surface area contributed by atoms with Gasteiger partial charge in [0, 0.05) is 22.3 Å². The topological polar surface area (TPSA) is 55.2 Å². The standard InChI is InChI=1S/C14H12Br2N2O2/c1-9(10-3-2-4-11(15)7-10)17-12-5-6-13(16)14(8-12)18(19)20/h2-9,17H,1H3. The van der Waals surface area contributed by atoms with Crippen LogP contribution in [0.25, 0.3) is 0 Å². The Hall–Kier alpha value is -1.40. The first-order chi connectivity index (χ1) is 9.47. The van der Waals surface area contributed by atoms with Gasteiger partial charge in [-0.3, -0.25) is 10.1 Å². The quantitative estimate of drug-likeness (QED) is 0.561. The van der Waals surface area contributed by atoms with E-state index in [1.54, 1.807) is 6.07 Å². The van der Waals surface area contributed by atoms with Gasteiger partial charge >= 0.3 is 0 Å². The molecule has 1 unspecified atom stereocenters. The lowest BCUT2D eigenvalue weighted by Crippen LogP contribution is -2.06. The van der Waals surface area contributed by atoms with Crippen LogP contribution < -0.4 is 5.32 Å². The first-order valence-electron chi connectivity index (χ1n) is 5.93. The van der Waals surface area contributed by atoms with Gasteiger partial charge in [0.25, 0.3) is 5.69 Å². The summed E-state index contributed by atoms with van der Waals surface area (Å²) in [6.07, 6.45) is 0. The third-order valence-electron chi connectivity index (χ3n) is 2.87. The molecule has 0 bridgehead atoms. The molecule has 0 saturated carbocycles. The molecule has 0 aliphatic carbocycles. The molecule has 1 atom stereocenters. The first-order valence-corrected chi connectivity index (χ1v) is 7.52. The highest BCUT2D eigenvalue weighted by Crippen LogP contribution is 2.30. The van der Waals surface area contributed by atoms with Gasteiger partial charge in [-0.2, -0.15) is 0 Å². The van der Waals surface area contributed by atoms with Crippen LogP contribution >= 0.6 is 31.9 Å². The van der Waals surface area contributed by atoms with Gasteiger partial charge in [-0.05, 0) is 52.7 Å². The molecule has 6 heteroatoms. The Bertz CT molecular complexity index is 647. The number of nitrogens with one attached hydrogen (secondary N) is 1. The number of hydrogen-bond acceptors (Lipinski definition) is 3. The molecule has 0 saturated heterocycles. The number of nitrogens with zero attached hydrogens (tertiary/aromatic N) is 1. The summed E-state index contributed by atoms with van der Waals surface area (Å²) in [6, 6.07) is 13.0. The summed E-state index contributed by atoms with van der Waals surface area (Å²) in [5.41, 5.74) is 1.87. The largest absolute Gasteiger partial charge is 0.378 e. The van der Waals surface area contributed by atoms with Crippen molar-refractivity contribution in [1.82, 2.24) is 0 Å². The van der Waals surface area contributed by atoms with Gasteiger partial charge in [-0.15, -0.1) is 0 Å². The normalized spacial score (nSPS) is 11.9. The SMILES string of the molecule is CC(Nc1ccc(Br)c([N+](=O)[O-])c1)c1cccc(Br)c1. The van der Waals surface area contributed by atoms with Gasteiger partial charge in [0.15, 0.2) is 0 Å². The first kappa shape index (κ1) is 15.0. The number of rotatable bonds is 4. The van der Waals surface area contributed by atoms with E-state index in [9.17, 15) is 10.1 Å². The van der Waals surface area contributed by atoms with Crippen LogP contribution in [-0.4, -0.2) is 4.92 Å². The Kier molecular flexibility index (Phi) is 4.77. The second-order valence-electron chi connectivity index (χ2n) is 4.34. The summed E-state index contributed by atoms with van der Waals surface area (Å²) in [4.78, 5) is 10.5. The van der Waals surface area contributed by atoms with E-state index in [0.29, 0.717) is 10.2 Å². The van der Waals surface area contributed by atoms with Crippen LogP contribution in [0.5, 0.6) is 0 Å². The Labute approximate surface area is 133 Å². The minimum Gasteiger partial charge on any atom is -0.378 e. The fourth-order valence-corrected chi connectivity index (χ4v) is 2.66. The van der Waals surface area contributed by atoms with Crippen LogP contribution in [0.1, 0.15) is 18.5 Å². The molecule has 1 N–H and O–H groups in total. The van der Waals surface area contributed by atoms with Crippen LogP contribution in [0.2, 0.25) is 0 Å². The molecule has 0 fully saturated rings. The molecular weight excluding hydrogens is 388 g/mol. The second kappa shape index (κ2) is 6.37. The number of hydrogen-bond donors (Lipinski definition) is 1. The lowest BCUT2D eigenvalue weighted by atomic mass is 10.1. The molecule has 4 nitrogen and oxygen atoms in total. The highest BCUT2D eigenvalue weighted by Gasteiger charge is 2.13. The number of anilines is 1. The van der Waals surface area contributed by atoms with Crippen molar-refractivity contribution < 1.29 is 4.92 Å². The summed E-state index contributed by atoms with van der Waals surface area (Å²) in [5, 5.41) is 14.2. The fourth-order valence-electron chi connectivity index (χ4n) is 1.85. The summed E-state index contributed by atoms with van der Waals surface area (Å²) in [6.45, 7) is 2.01. The molecule has 2 rings (SSSR count). The maximum Gasteiger partial charge on any atom is 0.285 e. The van der Waals surface area contributed by atoms with E-state index in [1.807, 2.05) is 37.3 Å². The van der Waals surface area contributed by atoms with Crippen molar-refractivity contribution in [3.8, 4) is 0 Å². The average Bonchev–Trinajstić information content (AvgIpc) is 2.40. The lowest BCUT2D eigenvalue weighted by Gasteiger charge is -2.16. The van der Waals surface area contributed by atoms with Gasteiger partial charge in [0.1, 0.15) is 0 Å². The summed E-state index contributed by atoms with van der Waals surface area (Å²) < 4.78 is 1.48. The van der Waals surface area contributed by atoms with Crippen molar-refractivity contribution >= 4 is 43.2 Å². The van der Waals surface area contributed by atoms with E-state index in [2.05, 4.69) is 37.2 Å². The van der Waals surface area contributed by atoms with Crippen molar-refractivity contribution in [2.75, 3.05) is 5.32 Å². The van der Waals surface area contributed by atoms with Gasteiger partial charge in [0.2, 0.25) is 0 Å². The van der Waals surface area contributed by atoms with Crippen molar-refractivity contribution in [3.63, 3.8) is 0 Å². The zero-order valence-corrected chi connectivity index (χ0v) is 13.8. The maximum atomic E-state index is 10.9. The van der Waals surface area contributed by atoms with Crippen molar-refractivity contribution in [2.24, 2.45) is 0 Å². The number of halogens is 2. The van der Waals surface area contributed by atoms with Crippen LogP contribution in [0.15, 0.2) is 51.4 Å². The zero-order valence-electron chi connectivity index (χ0n) is 10.6. The molecule has 20 heavy (non-hydrogen) atoms. The number of nitro benzene ring substituents is 1. The lowest BCUT2D eigenvalue weighted by molar-refractivity contribution is -0.385. The Morgan fingerprint density at radius 3 is 2.60 bits per heavy atom. The summed E-state index contributed by atoms with van der Waals surface area (Å²) >= 11 is 6.61. The molecule has 104 valence electrons. The van der Waals surface area contributed by atoms with Gasteiger partial charge < -0.3 is 5.32 Å². The Morgan fingerprint density at radius 2 is 1.95 bits per heavy atom. The predicted molar refractivity (Wildman–Crippen MR) is 87.0 cm³/mol. The Morgan fingerprint density at radius 1 is 1.20 bits per heavy atom. The molecule has 2 aromatic carbocycles. The smallest absolute Gasteiger partial charge is 0.285 e. The van der Waals surface area contributed by atoms with Crippen LogP contribution in [0.3, 0.4) is 0 Å². The van der Waals surface area contributed by atoms with E-state index < -0.39 is 4.92 Å².